The van der Waals surface area contributed by atoms with Crippen LogP contribution in [-0.4, -0.2) is 26.2 Å². The van der Waals surface area contributed by atoms with Crippen molar-refractivity contribution in [1.29, 1.82) is 0 Å². The second kappa shape index (κ2) is 7.06. The number of carbonyl (C=O) groups is 2. The molecule has 0 bridgehead atoms. The second-order valence-electron chi connectivity index (χ2n) is 6.26. The average molecular weight is 367 g/mol. The predicted octanol–water partition coefficient (Wildman–Crippen LogP) is 1.45. The summed E-state index contributed by atoms with van der Waals surface area (Å²) in [6.45, 7) is 6.53. The van der Waals surface area contributed by atoms with Crippen molar-refractivity contribution in [3.63, 3.8) is 0 Å². The second-order valence-corrected chi connectivity index (χ2v) is 6.26. The molecule has 8 heteroatoms. The number of nitrogens with one attached hydrogen (secondary N) is 2. The molecule has 0 saturated heterocycles. The molecule has 3 rings (SSSR count). The smallest absolute Gasteiger partial charge is 0.290 e. The summed E-state index contributed by atoms with van der Waals surface area (Å²) < 4.78 is 3.12. The number of hydrazine groups is 1. The Hall–Kier alpha value is -3.42. The normalized spacial score (nSPS) is 10.8. The first kappa shape index (κ1) is 18.4. The van der Waals surface area contributed by atoms with E-state index in [0.29, 0.717) is 16.3 Å². The summed E-state index contributed by atoms with van der Waals surface area (Å²) in [4.78, 5) is 37.2. The van der Waals surface area contributed by atoms with Crippen LogP contribution < -0.4 is 16.4 Å². The van der Waals surface area contributed by atoms with Gasteiger partial charge in [0.25, 0.3) is 17.4 Å². The third-order valence-electron chi connectivity index (χ3n) is 4.60. The summed E-state index contributed by atoms with van der Waals surface area (Å²) in [6, 6.07) is 8.50. The Kier molecular flexibility index (Phi) is 4.81. The highest BCUT2D eigenvalue weighted by molar-refractivity contribution is 6.06. The van der Waals surface area contributed by atoms with Crippen LogP contribution in [0.2, 0.25) is 0 Å². The van der Waals surface area contributed by atoms with Crippen LogP contribution >= 0.6 is 0 Å². The van der Waals surface area contributed by atoms with Gasteiger partial charge in [0.05, 0.1) is 10.9 Å². The molecule has 0 radical (unpaired) electrons. The van der Waals surface area contributed by atoms with Gasteiger partial charge >= 0.3 is 0 Å². The highest BCUT2D eigenvalue weighted by atomic mass is 16.2. The van der Waals surface area contributed by atoms with Crippen molar-refractivity contribution in [1.82, 2.24) is 25.2 Å². The number of benzene rings is 1. The largest absolute Gasteiger partial charge is 0.349 e. The highest BCUT2D eigenvalue weighted by Crippen LogP contribution is 2.15. The molecule has 0 aliphatic rings. The zero-order valence-electron chi connectivity index (χ0n) is 15.7. The number of hydrogen-bond acceptors (Lipinski definition) is 4. The van der Waals surface area contributed by atoms with Crippen LogP contribution in [0.3, 0.4) is 0 Å². The monoisotopic (exact) mass is 367 g/mol. The van der Waals surface area contributed by atoms with Crippen molar-refractivity contribution >= 4 is 22.6 Å². The molecule has 2 N–H and O–H groups in total. The quantitative estimate of drug-likeness (QED) is 0.685. The molecule has 27 heavy (non-hydrogen) atoms. The topological polar surface area (TPSA) is 98.0 Å². The van der Waals surface area contributed by atoms with Crippen LogP contribution in [0.4, 0.5) is 0 Å². The Bertz CT molecular complexity index is 1110. The lowest BCUT2D eigenvalue weighted by molar-refractivity contribution is 0.0843. The third kappa shape index (κ3) is 3.21. The van der Waals surface area contributed by atoms with Crippen LogP contribution in [0.1, 0.15) is 39.2 Å². The van der Waals surface area contributed by atoms with E-state index in [1.165, 1.54) is 7.05 Å². The van der Waals surface area contributed by atoms with Crippen molar-refractivity contribution < 1.29 is 9.59 Å². The van der Waals surface area contributed by atoms with E-state index in [9.17, 15) is 14.4 Å². The van der Waals surface area contributed by atoms with Gasteiger partial charge in [-0.1, -0.05) is 18.2 Å². The molecule has 3 aromatic rings. The summed E-state index contributed by atoms with van der Waals surface area (Å²) in [5.74, 6) is -1.01. The fourth-order valence-corrected chi connectivity index (χ4v) is 3.23. The van der Waals surface area contributed by atoms with Crippen LogP contribution in [0.25, 0.3) is 10.8 Å². The highest BCUT2D eigenvalue weighted by Gasteiger charge is 2.18. The van der Waals surface area contributed by atoms with E-state index >= 15 is 0 Å². The summed E-state index contributed by atoms with van der Waals surface area (Å²) in [5, 5.41) is 4.85. The van der Waals surface area contributed by atoms with Gasteiger partial charge in [-0.3, -0.25) is 25.2 Å². The minimum absolute atomic E-state index is 0.0621. The Labute approximate surface area is 155 Å². The van der Waals surface area contributed by atoms with E-state index in [1.54, 1.807) is 30.3 Å². The van der Waals surface area contributed by atoms with Gasteiger partial charge in [-0.2, -0.15) is 5.10 Å². The fraction of sp³-hybridized carbons (Fsp3) is 0.263. The number of amides is 2. The van der Waals surface area contributed by atoms with Crippen molar-refractivity contribution in [2.75, 3.05) is 0 Å². The minimum atomic E-state index is -0.598. The van der Waals surface area contributed by atoms with Gasteiger partial charge in [-0.25, -0.2) is 4.68 Å². The Morgan fingerprint density at radius 3 is 2.33 bits per heavy atom. The molecular weight excluding hydrogens is 346 g/mol. The third-order valence-corrected chi connectivity index (χ3v) is 4.60. The van der Waals surface area contributed by atoms with Crippen molar-refractivity contribution in [2.45, 2.75) is 27.3 Å². The summed E-state index contributed by atoms with van der Waals surface area (Å²) >= 11 is 0. The maximum atomic E-state index is 12.6. The Morgan fingerprint density at radius 1 is 1.07 bits per heavy atom. The molecular formula is C19H21N5O3. The molecule has 0 saturated carbocycles. The molecule has 140 valence electrons. The van der Waals surface area contributed by atoms with E-state index in [2.05, 4.69) is 16.0 Å². The number of fused-ring (bicyclic) bond motifs is 1. The van der Waals surface area contributed by atoms with Crippen LogP contribution in [0, 0.1) is 13.8 Å². The molecule has 1 aromatic carbocycles. The molecule has 0 aliphatic heterocycles. The van der Waals surface area contributed by atoms with Crippen LogP contribution in [0.5, 0.6) is 0 Å². The van der Waals surface area contributed by atoms with Crippen molar-refractivity contribution in [3.8, 4) is 0 Å². The summed E-state index contributed by atoms with van der Waals surface area (Å²) in [5.41, 5.74) is 6.86. The van der Waals surface area contributed by atoms with Gasteiger partial charge in [0.2, 0.25) is 0 Å². The number of carbonyl (C=O) groups excluding carboxylic acids is 2. The van der Waals surface area contributed by atoms with Gasteiger partial charge in [0.15, 0.2) is 5.69 Å². The van der Waals surface area contributed by atoms with Crippen molar-refractivity contribution in [2.24, 2.45) is 7.05 Å². The summed E-state index contributed by atoms with van der Waals surface area (Å²) in [6.07, 6.45) is 0. The number of nitrogens with zero attached hydrogens (tertiary/aromatic N) is 3. The lowest BCUT2D eigenvalue weighted by Gasteiger charge is -2.10. The predicted molar refractivity (Wildman–Crippen MR) is 101 cm³/mol. The molecule has 2 amide bonds. The Balaban J connectivity index is 1.85. The van der Waals surface area contributed by atoms with Gasteiger partial charge in [-0.15, -0.1) is 0 Å². The van der Waals surface area contributed by atoms with Gasteiger partial charge in [0, 0.05) is 30.4 Å². The molecule has 0 aliphatic carbocycles. The van der Waals surface area contributed by atoms with Gasteiger partial charge in [-0.05, 0) is 32.9 Å². The number of aromatic nitrogens is 3. The zero-order chi connectivity index (χ0) is 19.7. The Morgan fingerprint density at radius 2 is 1.70 bits per heavy atom. The van der Waals surface area contributed by atoms with Crippen LogP contribution in [0.15, 0.2) is 35.1 Å². The molecule has 2 aromatic heterocycles. The van der Waals surface area contributed by atoms with Gasteiger partial charge < -0.3 is 4.57 Å². The molecule has 0 fully saturated rings. The lowest BCUT2D eigenvalue weighted by atomic mass is 10.1. The fourth-order valence-electron chi connectivity index (χ4n) is 3.23. The first-order valence-electron chi connectivity index (χ1n) is 8.58. The first-order valence-corrected chi connectivity index (χ1v) is 8.58. The summed E-state index contributed by atoms with van der Waals surface area (Å²) in [7, 11) is 1.48. The maximum Gasteiger partial charge on any atom is 0.290 e. The first-order chi connectivity index (χ1) is 12.8. The SMILES string of the molecule is CCn1c(C)cc(C(=O)NNC(=O)c2nn(C)c(=O)c3ccccc23)c1C. The average Bonchev–Trinajstić information content (AvgIpc) is 2.96. The number of hydrogen-bond donors (Lipinski definition) is 2. The van der Waals surface area contributed by atoms with E-state index in [-0.39, 0.29) is 11.3 Å². The molecule has 0 spiro atoms. The number of rotatable bonds is 3. The molecule has 8 nitrogen and oxygen atoms in total. The van der Waals surface area contributed by atoms with Gasteiger partial charge in [0.1, 0.15) is 0 Å². The van der Waals surface area contributed by atoms with E-state index in [4.69, 9.17) is 0 Å². The lowest BCUT2D eigenvalue weighted by Crippen LogP contribution is -2.42. The maximum absolute atomic E-state index is 12.6. The van der Waals surface area contributed by atoms with E-state index in [1.807, 2.05) is 25.3 Å². The molecule has 0 atom stereocenters. The minimum Gasteiger partial charge on any atom is -0.349 e. The zero-order valence-corrected chi connectivity index (χ0v) is 15.7. The van der Waals surface area contributed by atoms with Crippen molar-refractivity contribution in [3.05, 3.63) is 63.3 Å². The van der Waals surface area contributed by atoms with E-state index < -0.39 is 11.8 Å². The molecule has 2 heterocycles. The standard InChI is InChI=1S/C19H21N5O3/c1-5-24-11(2)10-15(12(24)3)17(25)20-21-18(26)16-13-8-6-7-9-14(13)19(27)23(4)22-16/h6-10H,5H2,1-4H3,(H,20,25)(H,21,26). The molecule has 0 unspecified atom stereocenters. The van der Waals surface area contributed by atoms with Crippen LogP contribution in [-0.2, 0) is 13.6 Å². The number of aryl methyl sites for hydroxylation is 2. The van der Waals surface area contributed by atoms with E-state index in [0.717, 1.165) is 22.6 Å².